The van der Waals surface area contributed by atoms with Gasteiger partial charge in [0.25, 0.3) is 0 Å². The number of imidazole rings is 1. The monoisotopic (exact) mass is 278 g/mol. The van der Waals surface area contributed by atoms with Crippen molar-refractivity contribution in [2.24, 2.45) is 0 Å². The van der Waals surface area contributed by atoms with Crippen molar-refractivity contribution in [3.05, 3.63) is 11.9 Å². The van der Waals surface area contributed by atoms with Crippen molar-refractivity contribution in [2.75, 3.05) is 31.6 Å². The van der Waals surface area contributed by atoms with Gasteiger partial charge in [-0.25, -0.2) is 4.98 Å². The van der Waals surface area contributed by atoms with Crippen LogP contribution in [0.2, 0.25) is 0 Å². The number of nitrogens with zero attached hydrogens (tertiary/aromatic N) is 3. The molecule has 1 aromatic heterocycles. The summed E-state index contributed by atoms with van der Waals surface area (Å²) in [7, 11) is 0. The molecule has 2 unspecified atom stereocenters. The number of morpholine rings is 1. The van der Waals surface area contributed by atoms with E-state index in [1.807, 2.05) is 6.92 Å². The highest BCUT2D eigenvalue weighted by Crippen LogP contribution is 2.22. The fraction of sp³-hybridized carbons (Fsp3) is 0.800. The highest BCUT2D eigenvalue weighted by Gasteiger charge is 2.32. The predicted molar refractivity (Wildman–Crippen MR) is 80.1 cm³/mol. The molecule has 2 atom stereocenters. The lowest BCUT2D eigenvalue weighted by atomic mass is 10.2. The number of hydrogen-bond acceptors (Lipinski definition) is 4. The van der Waals surface area contributed by atoms with Gasteiger partial charge in [-0.1, -0.05) is 6.92 Å². The summed E-state index contributed by atoms with van der Waals surface area (Å²) in [6.07, 6.45) is 6.16. The van der Waals surface area contributed by atoms with Crippen molar-refractivity contribution >= 4 is 5.95 Å². The van der Waals surface area contributed by atoms with Crippen LogP contribution in [0.3, 0.4) is 0 Å². The molecule has 0 radical (unpaired) electrons. The van der Waals surface area contributed by atoms with Crippen molar-refractivity contribution in [1.29, 1.82) is 0 Å². The van der Waals surface area contributed by atoms with Gasteiger partial charge in [0.1, 0.15) is 0 Å². The lowest BCUT2D eigenvalue weighted by Gasteiger charge is -2.35. The van der Waals surface area contributed by atoms with E-state index in [1.54, 1.807) is 0 Å². The van der Waals surface area contributed by atoms with Crippen molar-refractivity contribution in [2.45, 2.75) is 51.8 Å². The molecule has 2 aliphatic heterocycles. The number of rotatable bonds is 5. The number of aryl methyl sites for hydroxylation is 2. The first-order chi connectivity index (χ1) is 9.76. The fourth-order valence-corrected chi connectivity index (χ4v) is 3.31. The van der Waals surface area contributed by atoms with Gasteiger partial charge < -0.3 is 14.6 Å². The van der Waals surface area contributed by atoms with Crippen molar-refractivity contribution in [3.63, 3.8) is 0 Å². The summed E-state index contributed by atoms with van der Waals surface area (Å²) in [4.78, 5) is 7.15. The summed E-state index contributed by atoms with van der Waals surface area (Å²) in [5.41, 5.74) is 1.07. The van der Waals surface area contributed by atoms with Gasteiger partial charge in [0, 0.05) is 31.9 Å². The third-order valence-electron chi connectivity index (χ3n) is 4.31. The first-order valence-corrected chi connectivity index (χ1v) is 7.89. The number of hydrogen-bond donors (Lipinski definition) is 1. The molecule has 1 N–H and O–H groups in total. The van der Waals surface area contributed by atoms with Crippen molar-refractivity contribution in [3.8, 4) is 0 Å². The minimum absolute atomic E-state index is 0.288. The largest absolute Gasteiger partial charge is 0.373 e. The zero-order valence-electron chi connectivity index (χ0n) is 12.6. The van der Waals surface area contributed by atoms with Gasteiger partial charge in [0.15, 0.2) is 0 Å². The Morgan fingerprint density at radius 1 is 1.50 bits per heavy atom. The van der Waals surface area contributed by atoms with Gasteiger partial charge in [0.05, 0.1) is 18.4 Å². The second-order valence-corrected chi connectivity index (χ2v) is 6.03. The van der Waals surface area contributed by atoms with Crippen LogP contribution in [0.5, 0.6) is 0 Å². The molecular formula is C15H26N4O. The molecule has 0 amide bonds. The van der Waals surface area contributed by atoms with E-state index in [0.717, 1.165) is 44.3 Å². The van der Waals surface area contributed by atoms with Crippen LogP contribution in [0.25, 0.3) is 0 Å². The molecule has 2 saturated heterocycles. The molecule has 5 nitrogen and oxygen atoms in total. The van der Waals surface area contributed by atoms with Crippen LogP contribution >= 0.6 is 0 Å². The Morgan fingerprint density at radius 2 is 2.40 bits per heavy atom. The van der Waals surface area contributed by atoms with Crippen LogP contribution in [0, 0.1) is 6.92 Å². The van der Waals surface area contributed by atoms with Crippen LogP contribution in [0.1, 0.15) is 31.9 Å². The predicted octanol–water partition coefficient (Wildman–Crippen LogP) is 1.88. The number of ether oxygens (including phenoxy) is 1. The van der Waals surface area contributed by atoms with Crippen LogP contribution in [0.4, 0.5) is 5.95 Å². The molecule has 0 aliphatic carbocycles. The van der Waals surface area contributed by atoms with Gasteiger partial charge in [-0.3, -0.25) is 4.90 Å². The minimum Gasteiger partial charge on any atom is -0.373 e. The summed E-state index contributed by atoms with van der Waals surface area (Å²) in [6.45, 7) is 9.31. The highest BCUT2D eigenvalue weighted by atomic mass is 16.5. The molecule has 3 rings (SSSR count). The first-order valence-electron chi connectivity index (χ1n) is 7.89. The van der Waals surface area contributed by atoms with E-state index < -0.39 is 0 Å². The maximum Gasteiger partial charge on any atom is 0.203 e. The SMILES string of the molecule is CCCn1cc(C)nc1NCC1CN2CCCC2CO1. The molecule has 20 heavy (non-hydrogen) atoms. The van der Waals surface area contributed by atoms with E-state index >= 15 is 0 Å². The van der Waals surface area contributed by atoms with Crippen molar-refractivity contribution < 1.29 is 4.74 Å². The smallest absolute Gasteiger partial charge is 0.203 e. The molecule has 2 aliphatic rings. The van der Waals surface area contributed by atoms with Gasteiger partial charge in [-0.15, -0.1) is 0 Å². The van der Waals surface area contributed by atoms with Crippen LogP contribution < -0.4 is 5.32 Å². The third-order valence-corrected chi connectivity index (χ3v) is 4.31. The Balaban J connectivity index is 1.54. The molecule has 1 aromatic rings. The fourth-order valence-electron chi connectivity index (χ4n) is 3.31. The minimum atomic E-state index is 0.288. The van der Waals surface area contributed by atoms with E-state index in [-0.39, 0.29) is 6.10 Å². The standard InChI is InChI=1S/C15H26N4O/c1-3-6-19-9-12(2)17-15(19)16-8-14-10-18-7-4-5-13(18)11-20-14/h9,13-14H,3-8,10-11H2,1-2H3,(H,16,17). The van der Waals surface area contributed by atoms with Gasteiger partial charge in [0.2, 0.25) is 5.95 Å². The van der Waals surface area contributed by atoms with E-state index in [1.165, 1.54) is 19.4 Å². The highest BCUT2D eigenvalue weighted by molar-refractivity contribution is 5.29. The maximum atomic E-state index is 5.98. The molecule has 0 saturated carbocycles. The van der Waals surface area contributed by atoms with Crippen LogP contribution in [0.15, 0.2) is 6.20 Å². The van der Waals surface area contributed by atoms with Crippen molar-refractivity contribution in [1.82, 2.24) is 14.5 Å². The first kappa shape index (κ1) is 13.9. The Labute approximate surface area is 121 Å². The van der Waals surface area contributed by atoms with Gasteiger partial charge in [-0.05, 0) is 32.7 Å². The van der Waals surface area contributed by atoms with E-state index in [4.69, 9.17) is 4.74 Å². The van der Waals surface area contributed by atoms with Crippen LogP contribution in [-0.4, -0.2) is 52.8 Å². The lowest BCUT2D eigenvalue weighted by molar-refractivity contribution is -0.0416. The molecule has 5 heteroatoms. The quantitative estimate of drug-likeness (QED) is 0.893. The van der Waals surface area contributed by atoms with Gasteiger partial charge >= 0.3 is 0 Å². The zero-order chi connectivity index (χ0) is 13.9. The zero-order valence-corrected chi connectivity index (χ0v) is 12.6. The third kappa shape index (κ3) is 2.99. The lowest BCUT2D eigenvalue weighted by Crippen LogP contribution is -2.48. The topological polar surface area (TPSA) is 42.3 Å². The Hall–Kier alpha value is -1.07. The number of anilines is 1. The molecule has 0 aromatic carbocycles. The second-order valence-electron chi connectivity index (χ2n) is 6.03. The Morgan fingerprint density at radius 3 is 3.25 bits per heavy atom. The summed E-state index contributed by atoms with van der Waals surface area (Å²) >= 11 is 0. The average molecular weight is 278 g/mol. The second kappa shape index (κ2) is 6.14. The molecule has 2 fully saturated rings. The molecule has 0 spiro atoms. The number of nitrogens with one attached hydrogen (secondary N) is 1. The van der Waals surface area contributed by atoms with E-state index in [2.05, 4.69) is 32.9 Å². The van der Waals surface area contributed by atoms with Crippen LogP contribution in [-0.2, 0) is 11.3 Å². The number of fused-ring (bicyclic) bond motifs is 1. The molecule has 0 bridgehead atoms. The summed E-state index contributed by atoms with van der Waals surface area (Å²) in [5.74, 6) is 0.983. The summed E-state index contributed by atoms with van der Waals surface area (Å²) in [5, 5.41) is 3.47. The van der Waals surface area contributed by atoms with Gasteiger partial charge in [-0.2, -0.15) is 0 Å². The molecule has 3 heterocycles. The van der Waals surface area contributed by atoms with E-state index in [0.29, 0.717) is 6.04 Å². The maximum absolute atomic E-state index is 5.98. The number of aromatic nitrogens is 2. The average Bonchev–Trinajstić information content (AvgIpc) is 3.03. The summed E-state index contributed by atoms with van der Waals surface area (Å²) in [6, 6.07) is 0.676. The Kier molecular flexibility index (Phi) is 4.27. The Bertz CT molecular complexity index is 445. The normalized spacial score (nSPS) is 26.7. The van der Waals surface area contributed by atoms with E-state index in [9.17, 15) is 0 Å². The molecule has 112 valence electrons. The summed E-state index contributed by atoms with van der Waals surface area (Å²) < 4.78 is 8.18. The molecular weight excluding hydrogens is 252 g/mol.